The van der Waals surface area contributed by atoms with Crippen LogP contribution in [0.4, 0.5) is 0 Å². The zero-order valence-electron chi connectivity index (χ0n) is 10.6. The van der Waals surface area contributed by atoms with E-state index in [4.69, 9.17) is 0 Å². The third-order valence-corrected chi connectivity index (χ3v) is 3.68. The van der Waals surface area contributed by atoms with Gasteiger partial charge in [-0.3, -0.25) is 0 Å². The van der Waals surface area contributed by atoms with Gasteiger partial charge >= 0.3 is 0 Å². The SMILES string of the molecule is CNCc1cn(CCCSC)c2ccccc12. The van der Waals surface area contributed by atoms with Gasteiger partial charge in [0, 0.05) is 30.2 Å². The van der Waals surface area contributed by atoms with Gasteiger partial charge in [0.1, 0.15) is 0 Å². The van der Waals surface area contributed by atoms with E-state index < -0.39 is 0 Å². The number of benzene rings is 1. The Morgan fingerprint density at radius 2 is 2.12 bits per heavy atom. The van der Waals surface area contributed by atoms with E-state index in [0.29, 0.717) is 0 Å². The second-order valence-electron chi connectivity index (χ2n) is 4.24. The Labute approximate surface area is 107 Å². The average molecular weight is 248 g/mol. The fourth-order valence-electron chi connectivity index (χ4n) is 2.22. The first-order valence-corrected chi connectivity index (χ1v) is 7.46. The maximum Gasteiger partial charge on any atom is 0.0483 e. The van der Waals surface area contributed by atoms with Crippen LogP contribution < -0.4 is 5.32 Å². The lowest BCUT2D eigenvalue weighted by atomic mass is 10.2. The van der Waals surface area contributed by atoms with Crippen LogP contribution in [0.2, 0.25) is 0 Å². The van der Waals surface area contributed by atoms with Gasteiger partial charge in [-0.05, 0) is 37.1 Å². The van der Waals surface area contributed by atoms with Crippen LogP contribution in [-0.2, 0) is 13.1 Å². The summed E-state index contributed by atoms with van der Waals surface area (Å²) in [6, 6.07) is 8.67. The topological polar surface area (TPSA) is 17.0 Å². The van der Waals surface area contributed by atoms with Crippen LogP contribution in [0.25, 0.3) is 10.9 Å². The number of thioether (sulfide) groups is 1. The van der Waals surface area contributed by atoms with Gasteiger partial charge in [-0.25, -0.2) is 0 Å². The Hall–Kier alpha value is -0.930. The lowest BCUT2D eigenvalue weighted by molar-refractivity contribution is 0.703. The van der Waals surface area contributed by atoms with Gasteiger partial charge in [0.15, 0.2) is 0 Å². The van der Waals surface area contributed by atoms with Gasteiger partial charge in [0.25, 0.3) is 0 Å². The monoisotopic (exact) mass is 248 g/mol. The molecule has 0 aliphatic rings. The number of rotatable bonds is 6. The first-order chi connectivity index (χ1) is 8.36. The van der Waals surface area contributed by atoms with E-state index in [1.54, 1.807) is 0 Å². The lowest BCUT2D eigenvalue weighted by Gasteiger charge is -2.03. The Morgan fingerprint density at radius 1 is 1.29 bits per heavy atom. The summed E-state index contributed by atoms with van der Waals surface area (Å²) >= 11 is 1.92. The number of para-hydroxylation sites is 1. The third kappa shape index (κ3) is 2.85. The lowest BCUT2D eigenvalue weighted by Crippen LogP contribution is -2.04. The molecule has 2 rings (SSSR count). The Balaban J connectivity index is 2.28. The van der Waals surface area contributed by atoms with Crippen LogP contribution in [0, 0.1) is 0 Å². The third-order valence-electron chi connectivity index (χ3n) is 2.99. The van der Waals surface area contributed by atoms with E-state index in [1.165, 1.54) is 28.6 Å². The largest absolute Gasteiger partial charge is 0.347 e. The second kappa shape index (κ2) is 6.12. The Bertz CT molecular complexity index is 476. The van der Waals surface area contributed by atoms with Gasteiger partial charge in [0.05, 0.1) is 0 Å². The molecule has 0 spiro atoms. The highest BCUT2D eigenvalue weighted by Crippen LogP contribution is 2.21. The molecule has 0 saturated carbocycles. The molecule has 1 heterocycles. The molecule has 0 atom stereocenters. The molecule has 3 heteroatoms. The normalized spacial score (nSPS) is 11.2. The fourth-order valence-corrected chi connectivity index (χ4v) is 2.64. The minimum atomic E-state index is 0.941. The van der Waals surface area contributed by atoms with E-state index in [1.807, 2.05) is 18.8 Å². The highest BCUT2D eigenvalue weighted by atomic mass is 32.2. The number of hydrogen-bond donors (Lipinski definition) is 1. The van der Waals surface area contributed by atoms with Crippen LogP contribution in [0.15, 0.2) is 30.5 Å². The molecule has 1 aromatic carbocycles. The Kier molecular flexibility index (Phi) is 4.51. The fraction of sp³-hybridized carbons (Fsp3) is 0.429. The molecule has 17 heavy (non-hydrogen) atoms. The summed E-state index contributed by atoms with van der Waals surface area (Å²) in [5, 5.41) is 4.62. The maximum absolute atomic E-state index is 3.24. The van der Waals surface area contributed by atoms with Gasteiger partial charge < -0.3 is 9.88 Å². The predicted molar refractivity (Wildman–Crippen MR) is 77.7 cm³/mol. The van der Waals surface area contributed by atoms with Crippen molar-refractivity contribution in [2.75, 3.05) is 19.1 Å². The minimum absolute atomic E-state index is 0.941. The summed E-state index contributed by atoms with van der Waals surface area (Å²) < 4.78 is 2.39. The van der Waals surface area contributed by atoms with Crippen molar-refractivity contribution in [3.8, 4) is 0 Å². The smallest absolute Gasteiger partial charge is 0.0483 e. The molecule has 2 aromatic rings. The summed E-state index contributed by atoms with van der Waals surface area (Å²) in [7, 11) is 2.00. The molecule has 1 N–H and O–H groups in total. The molecule has 0 bridgehead atoms. The number of aryl methyl sites for hydroxylation is 1. The number of aromatic nitrogens is 1. The molecular formula is C14H20N2S. The predicted octanol–water partition coefficient (Wildman–Crippen LogP) is 3.11. The van der Waals surface area contributed by atoms with E-state index in [9.17, 15) is 0 Å². The van der Waals surface area contributed by atoms with Crippen LogP contribution in [0.3, 0.4) is 0 Å². The molecule has 0 aliphatic heterocycles. The molecule has 0 unspecified atom stereocenters. The quantitative estimate of drug-likeness (QED) is 0.791. The molecule has 0 amide bonds. The molecule has 0 saturated heterocycles. The van der Waals surface area contributed by atoms with Crippen molar-refractivity contribution >= 4 is 22.7 Å². The zero-order valence-corrected chi connectivity index (χ0v) is 11.4. The molecule has 0 aliphatic carbocycles. The molecule has 92 valence electrons. The van der Waals surface area contributed by atoms with Gasteiger partial charge in [-0.2, -0.15) is 11.8 Å². The summed E-state index contributed by atoms with van der Waals surface area (Å²) in [5.41, 5.74) is 2.76. The van der Waals surface area contributed by atoms with Crippen LogP contribution in [-0.4, -0.2) is 23.6 Å². The number of nitrogens with one attached hydrogen (secondary N) is 1. The van der Waals surface area contributed by atoms with Crippen molar-refractivity contribution in [3.63, 3.8) is 0 Å². The van der Waals surface area contributed by atoms with Crippen molar-refractivity contribution in [1.82, 2.24) is 9.88 Å². The Morgan fingerprint density at radius 3 is 2.88 bits per heavy atom. The number of nitrogens with zero attached hydrogens (tertiary/aromatic N) is 1. The molecule has 0 radical (unpaired) electrons. The van der Waals surface area contributed by atoms with Crippen molar-refractivity contribution < 1.29 is 0 Å². The molecule has 1 aromatic heterocycles. The summed E-state index contributed by atoms with van der Waals surface area (Å²) in [4.78, 5) is 0. The van der Waals surface area contributed by atoms with Crippen LogP contribution in [0.5, 0.6) is 0 Å². The first kappa shape index (κ1) is 12.5. The zero-order chi connectivity index (χ0) is 12.1. The first-order valence-electron chi connectivity index (χ1n) is 6.07. The van der Waals surface area contributed by atoms with E-state index in [-0.39, 0.29) is 0 Å². The average Bonchev–Trinajstić information content (AvgIpc) is 2.70. The van der Waals surface area contributed by atoms with Crippen molar-refractivity contribution in [3.05, 3.63) is 36.0 Å². The van der Waals surface area contributed by atoms with Crippen molar-refractivity contribution in [2.24, 2.45) is 0 Å². The summed E-state index contributed by atoms with van der Waals surface area (Å²) in [6.45, 7) is 2.06. The standard InChI is InChI=1S/C14H20N2S/c1-15-10-12-11-16(8-5-9-17-2)14-7-4-3-6-13(12)14/h3-4,6-7,11,15H,5,8-10H2,1-2H3. The number of fused-ring (bicyclic) bond motifs is 1. The van der Waals surface area contributed by atoms with Gasteiger partial charge in [-0.15, -0.1) is 0 Å². The van der Waals surface area contributed by atoms with Gasteiger partial charge in [-0.1, -0.05) is 18.2 Å². The van der Waals surface area contributed by atoms with E-state index >= 15 is 0 Å². The summed E-state index contributed by atoms with van der Waals surface area (Å²) in [5.74, 6) is 1.23. The van der Waals surface area contributed by atoms with Crippen molar-refractivity contribution in [1.29, 1.82) is 0 Å². The minimum Gasteiger partial charge on any atom is -0.347 e. The second-order valence-corrected chi connectivity index (χ2v) is 5.23. The van der Waals surface area contributed by atoms with Gasteiger partial charge in [0.2, 0.25) is 0 Å². The van der Waals surface area contributed by atoms with Crippen LogP contribution >= 0.6 is 11.8 Å². The van der Waals surface area contributed by atoms with E-state index in [2.05, 4.69) is 46.6 Å². The van der Waals surface area contributed by atoms with Crippen molar-refractivity contribution in [2.45, 2.75) is 19.5 Å². The highest BCUT2D eigenvalue weighted by Gasteiger charge is 2.06. The molecular weight excluding hydrogens is 228 g/mol. The highest BCUT2D eigenvalue weighted by molar-refractivity contribution is 7.98. The maximum atomic E-state index is 3.24. The number of hydrogen-bond acceptors (Lipinski definition) is 2. The van der Waals surface area contributed by atoms with E-state index in [0.717, 1.165) is 13.1 Å². The molecule has 2 nitrogen and oxygen atoms in total. The molecule has 0 fully saturated rings. The summed E-state index contributed by atoms with van der Waals surface area (Å²) in [6.07, 6.45) is 5.69. The van der Waals surface area contributed by atoms with Crippen LogP contribution in [0.1, 0.15) is 12.0 Å².